The largest absolute Gasteiger partial charge is 0.339 e. The van der Waals surface area contributed by atoms with Crippen molar-refractivity contribution in [1.29, 1.82) is 0 Å². The Morgan fingerprint density at radius 1 is 0.872 bits per heavy atom. The lowest BCUT2D eigenvalue weighted by Crippen LogP contribution is -2.36. The number of carbonyl (C=O) groups excluding carboxylic acids is 2. The van der Waals surface area contributed by atoms with Gasteiger partial charge in [0.1, 0.15) is 4.90 Å². The van der Waals surface area contributed by atoms with Crippen LogP contribution in [0.25, 0.3) is 0 Å². The molecule has 0 spiro atoms. The van der Waals surface area contributed by atoms with Gasteiger partial charge in [-0.25, -0.2) is 8.42 Å². The average Bonchev–Trinajstić information content (AvgIpc) is 2.91. The van der Waals surface area contributed by atoms with Crippen LogP contribution < -0.4 is 5.32 Å². The highest BCUT2D eigenvalue weighted by Crippen LogP contribution is 2.32. The molecule has 1 aliphatic heterocycles. The Balaban J connectivity index is 1.55. The summed E-state index contributed by atoms with van der Waals surface area (Å²) in [5.74, 6) is -0.646. The summed E-state index contributed by atoms with van der Waals surface area (Å²) in [7, 11) is -4.16. The van der Waals surface area contributed by atoms with Gasteiger partial charge < -0.3 is 10.2 Å². The number of anilines is 1. The minimum atomic E-state index is -4.16. The van der Waals surface area contributed by atoms with Gasteiger partial charge in [0.2, 0.25) is 15.9 Å². The molecule has 2 amide bonds. The number of sulfonamides is 1. The van der Waals surface area contributed by atoms with E-state index in [0.29, 0.717) is 23.7 Å². The van der Waals surface area contributed by atoms with Crippen LogP contribution in [0, 0.1) is 0 Å². The van der Waals surface area contributed by atoms with Crippen LogP contribution in [0.1, 0.15) is 41.6 Å². The van der Waals surface area contributed by atoms with Crippen LogP contribution in [0.2, 0.25) is 15.1 Å². The fourth-order valence-electron chi connectivity index (χ4n) is 4.44. The van der Waals surface area contributed by atoms with Gasteiger partial charge in [-0.1, -0.05) is 71.2 Å². The second-order valence-corrected chi connectivity index (χ2v) is 12.3. The lowest BCUT2D eigenvalue weighted by Gasteiger charge is -2.27. The highest BCUT2D eigenvalue weighted by molar-refractivity contribution is 7.89. The summed E-state index contributed by atoms with van der Waals surface area (Å²) in [6.45, 7) is 1.17. The number of rotatable bonds is 9. The third-order valence-electron chi connectivity index (χ3n) is 6.44. The summed E-state index contributed by atoms with van der Waals surface area (Å²) in [4.78, 5) is 27.8. The molecule has 206 valence electrons. The molecule has 7 nitrogen and oxygen atoms in total. The van der Waals surface area contributed by atoms with Gasteiger partial charge in [-0.05, 0) is 55.2 Å². The lowest BCUT2D eigenvalue weighted by molar-refractivity contribution is -0.116. The van der Waals surface area contributed by atoms with E-state index in [4.69, 9.17) is 34.8 Å². The summed E-state index contributed by atoms with van der Waals surface area (Å²) in [5, 5.41) is 3.10. The first-order valence-corrected chi connectivity index (χ1v) is 15.1. The van der Waals surface area contributed by atoms with Crippen LogP contribution in [0.3, 0.4) is 0 Å². The number of halogens is 3. The van der Waals surface area contributed by atoms with Crippen molar-refractivity contribution in [3.63, 3.8) is 0 Å². The van der Waals surface area contributed by atoms with E-state index >= 15 is 0 Å². The number of benzene rings is 3. The number of hydrogen-bond donors (Lipinski definition) is 1. The van der Waals surface area contributed by atoms with Crippen LogP contribution in [0.15, 0.2) is 71.6 Å². The zero-order valence-electron chi connectivity index (χ0n) is 21.1. The van der Waals surface area contributed by atoms with Gasteiger partial charge in [0.05, 0.1) is 21.3 Å². The number of likely N-dealkylation sites (tertiary alicyclic amines) is 1. The standard InChI is InChI=1S/C28H28Cl3N3O4S/c29-21-12-13-22(28(36)33-15-5-2-6-16-33)25(18-21)32-26(35)14-17-34(19-20-8-3-1-4-9-20)39(37,38)27-23(30)10-7-11-24(27)31/h1,3-4,7-13,18H,2,5-6,14-17,19H2,(H,32,35). The number of piperidine rings is 1. The van der Waals surface area contributed by atoms with Crippen molar-refractivity contribution in [2.75, 3.05) is 25.0 Å². The molecule has 0 saturated carbocycles. The maximum absolute atomic E-state index is 13.7. The molecule has 0 bridgehead atoms. The van der Waals surface area contributed by atoms with E-state index in [1.54, 1.807) is 47.4 Å². The Hall–Kier alpha value is -2.62. The molecule has 3 aromatic carbocycles. The van der Waals surface area contributed by atoms with Crippen LogP contribution in [-0.2, 0) is 21.4 Å². The van der Waals surface area contributed by atoms with E-state index < -0.39 is 15.9 Å². The topological polar surface area (TPSA) is 86.8 Å². The van der Waals surface area contributed by atoms with E-state index in [-0.39, 0.29) is 46.0 Å². The SMILES string of the molecule is O=C(CCN(Cc1ccccc1)S(=O)(=O)c1c(Cl)cccc1Cl)Nc1cc(Cl)ccc1C(=O)N1CCCCC1. The van der Waals surface area contributed by atoms with Crippen molar-refractivity contribution in [1.82, 2.24) is 9.21 Å². The molecule has 1 heterocycles. The molecular formula is C28H28Cl3N3O4S. The third-order valence-corrected chi connectivity index (χ3v) is 9.47. The molecule has 0 radical (unpaired) electrons. The fourth-order valence-corrected chi connectivity index (χ4v) is 7.13. The molecule has 0 aliphatic carbocycles. The Kier molecular flexibility index (Phi) is 9.91. The van der Waals surface area contributed by atoms with E-state index in [1.165, 1.54) is 22.5 Å². The number of nitrogens with zero attached hydrogens (tertiary/aromatic N) is 2. The average molecular weight is 609 g/mol. The van der Waals surface area contributed by atoms with Crippen LogP contribution in [-0.4, -0.2) is 49.1 Å². The second-order valence-electron chi connectivity index (χ2n) is 9.22. The molecule has 1 N–H and O–H groups in total. The molecule has 0 unspecified atom stereocenters. The number of amides is 2. The maximum atomic E-state index is 13.7. The summed E-state index contributed by atoms with van der Waals surface area (Å²) < 4.78 is 28.5. The van der Waals surface area contributed by atoms with Crippen molar-refractivity contribution in [3.8, 4) is 0 Å². The number of carbonyl (C=O) groups is 2. The van der Waals surface area contributed by atoms with Crippen molar-refractivity contribution < 1.29 is 18.0 Å². The molecule has 4 rings (SSSR count). The lowest BCUT2D eigenvalue weighted by atomic mass is 10.1. The normalized spacial score (nSPS) is 13.9. The maximum Gasteiger partial charge on any atom is 0.255 e. The fraction of sp³-hybridized carbons (Fsp3) is 0.286. The molecule has 3 aromatic rings. The van der Waals surface area contributed by atoms with Crippen molar-refractivity contribution in [3.05, 3.63) is 92.9 Å². The Morgan fingerprint density at radius 2 is 1.54 bits per heavy atom. The van der Waals surface area contributed by atoms with Gasteiger partial charge in [-0.15, -0.1) is 0 Å². The zero-order chi connectivity index (χ0) is 28.0. The van der Waals surface area contributed by atoms with Gasteiger partial charge in [0.15, 0.2) is 0 Å². The first-order valence-electron chi connectivity index (χ1n) is 12.5. The van der Waals surface area contributed by atoms with Crippen LogP contribution in [0.5, 0.6) is 0 Å². The van der Waals surface area contributed by atoms with Crippen molar-refractivity contribution in [2.24, 2.45) is 0 Å². The van der Waals surface area contributed by atoms with E-state index in [9.17, 15) is 18.0 Å². The first kappa shape index (κ1) is 29.4. The van der Waals surface area contributed by atoms with Crippen LogP contribution >= 0.6 is 34.8 Å². The Labute approximate surface area is 243 Å². The van der Waals surface area contributed by atoms with Gasteiger partial charge >= 0.3 is 0 Å². The summed E-state index contributed by atoms with van der Waals surface area (Å²) >= 11 is 18.7. The number of hydrogen-bond acceptors (Lipinski definition) is 4. The van der Waals surface area contributed by atoms with Gasteiger partial charge in [0, 0.05) is 37.6 Å². The molecule has 1 fully saturated rings. The highest BCUT2D eigenvalue weighted by atomic mass is 35.5. The summed E-state index contributed by atoms with van der Waals surface area (Å²) in [6.07, 6.45) is 2.76. The van der Waals surface area contributed by atoms with Crippen LogP contribution in [0.4, 0.5) is 5.69 Å². The minimum absolute atomic E-state index is 0.00780. The van der Waals surface area contributed by atoms with Gasteiger partial charge in [-0.3, -0.25) is 9.59 Å². The summed E-state index contributed by atoms with van der Waals surface area (Å²) in [5.41, 5.74) is 1.36. The summed E-state index contributed by atoms with van der Waals surface area (Å²) in [6, 6.07) is 18.2. The quantitative estimate of drug-likeness (QED) is 0.301. The predicted octanol–water partition coefficient (Wildman–Crippen LogP) is 6.49. The predicted molar refractivity (Wildman–Crippen MR) is 155 cm³/mol. The Morgan fingerprint density at radius 3 is 2.21 bits per heavy atom. The second kappa shape index (κ2) is 13.2. The first-order chi connectivity index (χ1) is 18.7. The zero-order valence-corrected chi connectivity index (χ0v) is 24.2. The molecule has 11 heteroatoms. The van der Waals surface area contributed by atoms with E-state index in [1.807, 2.05) is 6.07 Å². The highest BCUT2D eigenvalue weighted by Gasteiger charge is 2.30. The third kappa shape index (κ3) is 7.32. The smallest absolute Gasteiger partial charge is 0.255 e. The molecule has 39 heavy (non-hydrogen) atoms. The minimum Gasteiger partial charge on any atom is -0.339 e. The molecular weight excluding hydrogens is 581 g/mol. The van der Waals surface area contributed by atoms with Crippen molar-refractivity contribution in [2.45, 2.75) is 37.1 Å². The van der Waals surface area contributed by atoms with Gasteiger partial charge in [0.25, 0.3) is 5.91 Å². The van der Waals surface area contributed by atoms with Gasteiger partial charge in [-0.2, -0.15) is 4.31 Å². The van der Waals surface area contributed by atoms with E-state index in [2.05, 4.69) is 5.32 Å². The van der Waals surface area contributed by atoms with E-state index in [0.717, 1.165) is 24.8 Å². The molecule has 0 aromatic heterocycles. The Bertz CT molecular complexity index is 1430. The molecule has 0 atom stereocenters. The van der Waals surface area contributed by atoms with Crippen molar-refractivity contribution >= 4 is 62.3 Å². The molecule has 1 aliphatic rings. The molecule has 1 saturated heterocycles. The monoisotopic (exact) mass is 607 g/mol. The number of nitrogens with one attached hydrogen (secondary N) is 1.